The number of hydrogen-bond acceptors (Lipinski definition) is 1. The van der Waals surface area contributed by atoms with Crippen LogP contribution in [0.3, 0.4) is 0 Å². The van der Waals surface area contributed by atoms with Gasteiger partial charge in [-0.15, -0.1) is 6.58 Å². The average Bonchev–Trinajstić information content (AvgIpc) is 2.27. The Hall–Kier alpha value is -1.15. The lowest BCUT2D eigenvalue weighted by atomic mass is 9.85. The Bertz CT molecular complexity index is 329. The molecule has 1 aromatic carbocycles. The van der Waals surface area contributed by atoms with Gasteiger partial charge in [0.05, 0.1) is 6.10 Å². The summed E-state index contributed by atoms with van der Waals surface area (Å²) < 4.78 is 12.7. The number of hydrogen-bond donors (Lipinski definition) is 1. The van der Waals surface area contributed by atoms with Crippen LogP contribution in [0.1, 0.15) is 19.4 Å². The first-order chi connectivity index (χ1) is 7.54. The van der Waals surface area contributed by atoms with E-state index in [1.165, 1.54) is 12.1 Å². The summed E-state index contributed by atoms with van der Waals surface area (Å²) >= 11 is 0. The summed E-state index contributed by atoms with van der Waals surface area (Å²) in [6, 6.07) is 6.43. The standard InChI is InChI=1S/C14H19FO/c1-4-14(16)13(10(2)3)9-11-5-7-12(15)8-6-11/h4-8,10,13-14,16H,1,9H2,2-3H3/t13-,14-/m0/s1. The van der Waals surface area contributed by atoms with E-state index in [4.69, 9.17) is 0 Å². The molecule has 1 N–H and O–H groups in total. The third-order valence-corrected chi connectivity index (χ3v) is 2.92. The molecule has 0 heterocycles. The third-order valence-electron chi connectivity index (χ3n) is 2.92. The molecule has 0 aliphatic rings. The molecule has 1 aromatic rings. The van der Waals surface area contributed by atoms with E-state index >= 15 is 0 Å². The minimum absolute atomic E-state index is 0.128. The van der Waals surface area contributed by atoms with E-state index in [2.05, 4.69) is 20.4 Å². The van der Waals surface area contributed by atoms with E-state index in [9.17, 15) is 9.50 Å². The predicted molar refractivity (Wildman–Crippen MR) is 64.6 cm³/mol. The quantitative estimate of drug-likeness (QED) is 0.759. The van der Waals surface area contributed by atoms with Crippen LogP contribution in [0, 0.1) is 17.7 Å². The van der Waals surface area contributed by atoms with Gasteiger partial charge in [0.15, 0.2) is 0 Å². The van der Waals surface area contributed by atoms with Crippen molar-refractivity contribution in [1.29, 1.82) is 0 Å². The molecule has 0 radical (unpaired) electrons. The molecule has 0 saturated heterocycles. The molecule has 0 unspecified atom stereocenters. The van der Waals surface area contributed by atoms with Crippen LogP contribution in [-0.4, -0.2) is 11.2 Å². The Morgan fingerprint density at radius 1 is 1.31 bits per heavy atom. The van der Waals surface area contributed by atoms with Crippen molar-refractivity contribution in [2.24, 2.45) is 11.8 Å². The van der Waals surface area contributed by atoms with Crippen molar-refractivity contribution < 1.29 is 9.50 Å². The molecule has 88 valence electrons. The lowest BCUT2D eigenvalue weighted by molar-refractivity contribution is 0.122. The Kier molecular flexibility index (Phi) is 4.69. The zero-order valence-electron chi connectivity index (χ0n) is 9.86. The van der Waals surface area contributed by atoms with Crippen LogP contribution in [0.2, 0.25) is 0 Å². The van der Waals surface area contributed by atoms with Crippen LogP contribution in [0.25, 0.3) is 0 Å². The summed E-state index contributed by atoms with van der Waals surface area (Å²) in [4.78, 5) is 0. The first kappa shape index (κ1) is 12.9. The first-order valence-corrected chi connectivity index (χ1v) is 5.59. The van der Waals surface area contributed by atoms with Crippen LogP contribution in [-0.2, 0) is 6.42 Å². The van der Waals surface area contributed by atoms with Crippen LogP contribution in [0.5, 0.6) is 0 Å². The lowest BCUT2D eigenvalue weighted by Crippen LogP contribution is -2.25. The van der Waals surface area contributed by atoms with E-state index in [1.54, 1.807) is 18.2 Å². The summed E-state index contributed by atoms with van der Waals surface area (Å²) in [5, 5.41) is 9.81. The maximum atomic E-state index is 12.7. The van der Waals surface area contributed by atoms with E-state index in [-0.39, 0.29) is 11.7 Å². The smallest absolute Gasteiger partial charge is 0.123 e. The summed E-state index contributed by atoms with van der Waals surface area (Å²) in [6.45, 7) is 7.75. The zero-order valence-corrected chi connectivity index (χ0v) is 9.86. The SMILES string of the molecule is C=C[C@H](O)[C@@H](Cc1ccc(F)cc1)C(C)C. The second kappa shape index (κ2) is 5.80. The molecule has 0 aliphatic carbocycles. The maximum absolute atomic E-state index is 12.7. The van der Waals surface area contributed by atoms with Crippen LogP contribution in [0.15, 0.2) is 36.9 Å². The number of benzene rings is 1. The van der Waals surface area contributed by atoms with Crippen molar-refractivity contribution in [3.8, 4) is 0 Å². The predicted octanol–water partition coefficient (Wildman–Crippen LogP) is 3.19. The lowest BCUT2D eigenvalue weighted by Gasteiger charge is -2.24. The fourth-order valence-corrected chi connectivity index (χ4v) is 1.82. The molecule has 16 heavy (non-hydrogen) atoms. The average molecular weight is 222 g/mol. The first-order valence-electron chi connectivity index (χ1n) is 5.59. The van der Waals surface area contributed by atoms with Gasteiger partial charge in [-0.1, -0.05) is 32.1 Å². The topological polar surface area (TPSA) is 20.2 Å². The van der Waals surface area contributed by atoms with Crippen molar-refractivity contribution in [2.75, 3.05) is 0 Å². The highest BCUT2D eigenvalue weighted by atomic mass is 19.1. The Morgan fingerprint density at radius 3 is 2.31 bits per heavy atom. The van der Waals surface area contributed by atoms with Gasteiger partial charge in [-0.3, -0.25) is 0 Å². The molecule has 2 atom stereocenters. The van der Waals surface area contributed by atoms with Crippen molar-refractivity contribution in [1.82, 2.24) is 0 Å². The van der Waals surface area contributed by atoms with Gasteiger partial charge < -0.3 is 5.11 Å². The van der Waals surface area contributed by atoms with Gasteiger partial charge in [-0.25, -0.2) is 4.39 Å². The van der Waals surface area contributed by atoms with Gasteiger partial charge >= 0.3 is 0 Å². The molecule has 0 fully saturated rings. The van der Waals surface area contributed by atoms with E-state index in [0.717, 1.165) is 12.0 Å². The molecular formula is C14H19FO. The molecule has 0 aromatic heterocycles. The number of aliphatic hydroxyl groups is 1. The molecule has 2 heteroatoms. The molecule has 0 spiro atoms. The van der Waals surface area contributed by atoms with Crippen molar-refractivity contribution in [2.45, 2.75) is 26.4 Å². The van der Waals surface area contributed by atoms with E-state index in [0.29, 0.717) is 5.92 Å². The van der Waals surface area contributed by atoms with Gasteiger partial charge in [0.1, 0.15) is 5.82 Å². The van der Waals surface area contributed by atoms with Crippen LogP contribution < -0.4 is 0 Å². The van der Waals surface area contributed by atoms with Gasteiger partial charge in [0.25, 0.3) is 0 Å². The zero-order chi connectivity index (χ0) is 12.1. The number of aliphatic hydroxyl groups excluding tert-OH is 1. The summed E-state index contributed by atoms with van der Waals surface area (Å²) in [5.41, 5.74) is 1.04. The summed E-state index contributed by atoms with van der Waals surface area (Å²) in [7, 11) is 0. The Morgan fingerprint density at radius 2 is 1.88 bits per heavy atom. The van der Waals surface area contributed by atoms with Crippen molar-refractivity contribution >= 4 is 0 Å². The Balaban J connectivity index is 2.75. The molecule has 0 bridgehead atoms. The minimum atomic E-state index is -0.509. The highest BCUT2D eigenvalue weighted by Gasteiger charge is 2.20. The summed E-state index contributed by atoms with van der Waals surface area (Å²) in [5.74, 6) is 0.259. The molecule has 1 nitrogen and oxygen atoms in total. The monoisotopic (exact) mass is 222 g/mol. The van der Waals surface area contributed by atoms with Crippen LogP contribution >= 0.6 is 0 Å². The van der Waals surface area contributed by atoms with Gasteiger partial charge in [-0.05, 0) is 36.0 Å². The minimum Gasteiger partial charge on any atom is -0.389 e. The van der Waals surface area contributed by atoms with Gasteiger partial charge in [0.2, 0.25) is 0 Å². The van der Waals surface area contributed by atoms with Crippen LogP contribution in [0.4, 0.5) is 4.39 Å². The second-order valence-corrected chi connectivity index (χ2v) is 4.46. The van der Waals surface area contributed by atoms with Crippen molar-refractivity contribution in [3.05, 3.63) is 48.3 Å². The third kappa shape index (κ3) is 3.46. The van der Waals surface area contributed by atoms with Gasteiger partial charge in [-0.2, -0.15) is 0 Å². The molecule has 0 aliphatic heterocycles. The number of halogens is 1. The fraction of sp³-hybridized carbons (Fsp3) is 0.429. The summed E-state index contributed by atoms with van der Waals surface area (Å²) in [6.07, 6.45) is 1.80. The normalized spacial score (nSPS) is 14.8. The molecule has 1 rings (SSSR count). The van der Waals surface area contributed by atoms with E-state index in [1.807, 2.05) is 0 Å². The van der Waals surface area contributed by atoms with E-state index < -0.39 is 6.10 Å². The fourth-order valence-electron chi connectivity index (χ4n) is 1.82. The molecular weight excluding hydrogens is 203 g/mol. The highest BCUT2D eigenvalue weighted by Crippen LogP contribution is 2.21. The Labute approximate surface area is 96.6 Å². The highest BCUT2D eigenvalue weighted by molar-refractivity contribution is 5.17. The molecule has 0 saturated carbocycles. The number of rotatable bonds is 5. The van der Waals surface area contributed by atoms with Gasteiger partial charge in [0, 0.05) is 0 Å². The van der Waals surface area contributed by atoms with Crippen molar-refractivity contribution in [3.63, 3.8) is 0 Å². The largest absolute Gasteiger partial charge is 0.389 e. The maximum Gasteiger partial charge on any atom is 0.123 e. The molecule has 0 amide bonds. The second-order valence-electron chi connectivity index (χ2n) is 4.46.